The molecule has 0 aliphatic carbocycles. The zero-order valence-corrected chi connectivity index (χ0v) is 10.4. The van der Waals surface area contributed by atoms with E-state index in [-0.39, 0.29) is 6.10 Å². The highest BCUT2D eigenvalue weighted by Crippen LogP contribution is 2.31. The van der Waals surface area contributed by atoms with Crippen molar-refractivity contribution in [1.82, 2.24) is 0 Å². The second-order valence-corrected chi connectivity index (χ2v) is 4.49. The molecule has 1 heterocycles. The Morgan fingerprint density at radius 3 is 3.00 bits per heavy atom. The molecular weight excluding hydrogens is 247 g/mol. The van der Waals surface area contributed by atoms with Crippen LogP contribution in [0.1, 0.15) is 18.4 Å². The highest BCUT2D eigenvalue weighted by molar-refractivity contribution is 6.32. The summed E-state index contributed by atoms with van der Waals surface area (Å²) in [7, 11) is 0. The molecule has 0 amide bonds. The van der Waals surface area contributed by atoms with Crippen molar-refractivity contribution in [3.63, 3.8) is 0 Å². The first kappa shape index (κ1) is 12.0. The van der Waals surface area contributed by atoms with Gasteiger partial charge >= 0.3 is 0 Å². The third-order valence-electron chi connectivity index (χ3n) is 2.60. The largest absolute Gasteiger partial charge is 0.486 e. The molecule has 1 aliphatic heterocycles. The summed E-state index contributed by atoms with van der Waals surface area (Å²) in [6, 6.07) is 5.62. The van der Waals surface area contributed by atoms with Gasteiger partial charge in [-0.2, -0.15) is 0 Å². The fourth-order valence-corrected chi connectivity index (χ4v) is 2.21. The summed E-state index contributed by atoms with van der Waals surface area (Å²) < 4.78 is 11.2. The fraction of sp³-hybridized carbons (Fsp3) is 0.500. The number of benzene rings is 1. The Balaban J connectivity index is 2.12. The van der Waals surface area contributed by atoms with E-state index >= 15 is 0 Å². The van der Waals surface area contributed by atoms with E-state index < -0.39 is 0 Å². The normalized spacial score (nSPS) is 20.8. The summed E-state index contributed by atoms with van der Waals surface area (Å²) in [5.41, 5.74) is 0.930. The van der Waals surface area contributed by atoms with Crippen molar-refractivity contribution in [3.8, 4) is 5.75 Å². The zero-order valence-electron chi connectivity index (χ0n) is 8.92. The highest BCUT2D eigenvalue weighted by atomic mass is 35.5. The molecule has 0 radical (unpaired) electrons. The summed E-state index contributed by atoms with van der Waals surface area (Å²) >= 11 is 12.0. The molecule has 88 valence electrons. The molecular formula is C12H14Cl2O2. The lowest BCUT2D eigenvalue weighted by Gasteiger charge is -2.24. The molecule has 2 nitrogen and oxygen atoms in total. The molecule has 1 atom stereocenters. The van der Waals surface area contributed by atoms with Gasteiger partial charge in [-0.3, -0.25) is 0 Å². The average Bonchev–Trinajstić information content (AvgIpc) is 2.33. The lowest BCUT2D eigenvalue weighted by Crippen LogP contribution is -2.28. The van der Waals surface area contributed by atoms with Gasteiger partial charge in [-0.05, 0) is 18.9 Å². The van der Waals surface area contributed by atoms with Gasteiger partial charge in [-0.1, -0.05) is 23.7 Å². The Morgan fingerprint density at radius 1 is 1.44 bits per heavy atom. The molecule has 1 fully saturated rings. The SMILES string of the molecule is ClCc1cccc(Cl)c1OC1CCCOC1. The Hall–Kier alpha value is -0.440. The first-order valence-electron chi connectivity index (χ1n) is 5.39. The minimum atomic E-state index is 0.0932. The van der Waals surface area contributed by atoms with Gasteiger partial charge in [-0.15, -0.1) is 11.6 Å². The zero-order chi connectivity index (χ0) is 11.4. The molecule has 0 saturated carbocycles. The minimum Gasteiger partial charge on any atom is -0.486 e. The molecule has 4 heteroatoms. The van der Waals surface area contributed by atoms with Crippen LogP contribution in [0.5, 0.6) is 5.75 Å². The summed E-state index contributed by atoms with van der Waals surface area (Å²) in [5.74, 6) is 1.11. The van der Waals surface area contributed by atoms with E-state index in [1.807, 2.05) is 18.2 Å². The summed E-state index contributed by atoms with van der Waals surface area (Å²) in [6.07, 6.45) is 2.13. The van der Waals surface area contributed by atoms with E-state index in [2.05, 4.69) is 0 Å². The molecule has 1 saturated heterocycles. The van der Waals surface area contributed by atoms with Crippen molar-refractivity contribution < 1.29 is 9.47 Å². The van der Waals surface area contributed by atoms with E-state index in [4.69, 9.17) is 32.7 Å². The van der Waals surface area contributed by atoms with Crippen molar-refractivity contribution in [1.29, 1.82) is 0 Å². The Morgan fingerprint density at radius 2 is 2.31 bits per heavy atom. The molecule has 0 spiro atoms. The number of alkyl halides is 1. The van der Waals surface area contributed by atoms with E-state index in [1.54, 1.807) is 0 Å². The van der Waals surface area contributed by atoms with Crippen LogP contribution in [0.25, 0.3) is 0 Å². The van der Waals surface area contributed by atoms with Gasteiger partial charge in [0, 0.05) is 12.2 Å². The molecule has 0 bridgehead atoms. The van der Waals surface area contributed by atoms with Crippen molar-refractivity contribution in [2.24, 2.45) is 0 Å². The van der Waals surface area contributed by atoms with Crippen molar-refractivity contribution in [3.05, 3.63) is 28.8 Å². The molecule has 1 aromatic carbocycles. The van der Waals surface area contributed by atoms with E-state index in [9.17, 15) is 0 Å². The van der Waals surface area contributed by atoms with Crippen LogP contribution >= 0.6 is 23.2 Å². The predicted octanol–water partition coefficient (Wildman–Crippen LogP) is 3.64. The van der Waals surface area contributed by atoms with Gasteiger partial charge in [-0.25, -0.2) is 0 Å². The summed E-state index contributed by atoms with van der Waals surface area (Å²) in [4.78, 5) is 0. The molecule has 2 rings (SSSR count). The van der Waals surface area contributed by atoms with Crippen molar-refractivity contribution in [2.75, 3.05) is 13.2 Å². The average molecular weight is 261 g/mol. The van der Waals surface area contributed by atoms with Crippen LogP contribution in [-0.4, -0.2) is 19.3 Å². The summed E-state index contributed by atoms with van der Waals surface area (Å²) in [6.45, 7) is 1.46. The van der Waals surface area contributed by atoms with E-state index in [1.165, 1.54) is 0 Å². The number of hydrogen-bond acceptors (Lipinski definition) is 2. The van der Waals surface area contributed by atoms with Crippen LogP contribution in [-0.2, 0) is 10.6 Å². The maximum atomic E-state index is 6.10. The lowest BCUT2D eigenvalue weighted by atomic mass is 10.1. The quantitative estimate of drug-likeness (QED) is 0.773. The number of ether oxygens (including phenoxy) is 2. The number of hydrogen-bond donors (Lipinski definition) is 0. The first-order valence-corrected chi connectivity index (χ1v) is 6.30. The monoisotopic (exact) mass is 260 g/mol. The van der Waals surface area contributed by atoms with Gasteiger partial charge in [0.2, 0.25) is 0 Å². The van der Waals surface area contributed by atoms with Crippen LogP contribution in [0.3, 0.4) is 0 Å². The van der Waals surface area contributed by atoms with Gasteiger partial charge in [0.05, 0.1) is 17.5 Å². The molecule has 16 heavy (non-hydrogen) atoms. The van der Waals surface area contributed by atoms with Crippen molar-refractivity contribution >= 4 is 23.2 Å². The standard InChI is InChI=1S/C12H14Cl2O2/c13-7-9-3-1-5-11(14)12(9)16-10-4-2-6-15-8-10/h1,3,5,10H,2,4,6-8H2. The van der Waals surface area contributed by atoms with Gasteiger partial charge < -0.3 is 9.47 Å². The maximum Gasteiger partial charge on any atom is 0.142 e. The van der Waals surface area contributed by atoms with Crippen LogP contribution < -0.4 is 4.74 Å². The Labute approximate surface area is 105 Å². The molecule has 1 aliphatic rings. The maximum absolute atomic E-state index is 6.10. The Kier molecular flexibility index (Phi) is 4.33. The minimum absolute atomic E-state index is 0.0932. The summed E-state index contributed by atoms with van der Waals surface area (Å²) in [5, 5.41) is 0.615. The van der Waals surface area contributed by atoms with Crippen LogP contribution in [0.2, 0.25) is 5.02 Å². The van der Waals surface area contributed by atoms with E-state index in [0.29, 0.717) is 23.3 Å². The van der Waals surface area contributed by atoms with Gasteiger partial charge in [0.25, 0.3) is 0 Å². The van der Waals surface area contributed by atoms with Crippen LogP contribution in [0.15, 0.2) is 18.2 Å². The molecule has 0 N–H and O–H groups in total. The highest BCUT2D eigenvalue weighted by Gasteiger charge is 2.18. The third-order valence-corrected chi connectivity index (χ3v) is 3.18. The molecule has 1 aromatic rings. The van der Waals surface area contributed by atoms with Crippen LogP contribution in [0, 0.1) is 0 Å². The first-order chi connectivity index (χ1) is 7.81. The number of para-hydroxylation sites is 1. The van der Waals surface area contributed by atoms with Crippen LogP contribution in [0.4, 0.5) is 0 Å². The third kappa shape index (κ3) is 2.82. The van der Waals surface area contributed by atoms with Gasteiger partial charge in [0.1, 0.15) is 11.9 Å². The molecule has 1 unspecified atom stereocenters. The van der Waals surface area contributed by atoms with Gasteiger partial charge in [0.15, 0.2) is 0 Å². The lowest BCUT2D eigenvalue weighted by molar-refractivity contribution is 0.00717. The molecule has 0 aromatic heterocycles. The van der Waals surface area contributed by atoms with Crippen molar-refractivity contribution in [2.45, 2.75) is 24.8 Å². The number of halogens is 2. The second-order valence-electron chi connectivity index (χ2n) is 3.82. The second kappa shape index (κ2) is 5.76. The number of rotatable bonds is 3. The predicted molar refractivity (Wildman–Crippen MR) is 65.5 cm³/mol. The Bertz CT molecular complexity index is 349. The topological polar surface area (TPSA) is 18.5 Å². The van der Waals surface area contributed by atoms with E-state index in [0.717, 1.165) is 25.0 Å². The fourth-order valence-electron chi connectivity index (χ4n) is 1.76. The smallest absolute Gasteiger partial charge is 0.142 e.